The van der Waals surface area contributed by atoms with Crippen LogP contribution in [0.2, 0.25) is 0 Å². The number of ether oxygens (including phenoxy) is 1. The van der Waals surface area contributed by atoms with Gasteiger partial charge in [0.05, 0.1) is 12.7 Å². The number of anilines is 2. The normalized spacial score (nSPS) is 9.95. The van der Waals surface area contributed by atoms with Gasteiger partial charge in [-0.15, -0.1) is 0 Å². The van der Waals surface area contributed by atoms with E-state index in [1.807, 2.05) is 0 Å². The number of hydrogen-bond acceptors (Lipinski definition) is 3. The minimum absolute atomic E-state index is 0.142. The third kappa shape index (κ3) is 4.08. The summed E-state index contributed by atoms with van der Waals surface area (Å²) in [5, 5.41) is 5.46. The van der Waals surface area contributed by atoms with E-state index in [-0.39, 0.29) is 11.8 Å². The van der Waals surface area contributed by atoms with Gasteiger partial charge in [0, 0.05) is 22.8 Å². The Labute approximate surface area is 136 Å². The molecule has 0 aromatic heterocycles. The maximum atomic E-state index is 12.3. The van der Waals surface area contributed by atoms with Crippen molar-refractivity contribution in [1.29, 1.82) is 0 Å². The lowest BCUT2D eigenvalue weighted by Crippen LogP contribution is -2.13. The van der Waals surface area contributed by atoms with Gasteiger partial charge in [0.2, 0.25) is 5.91 Å². The average Bonchev–Trinajstić information content (AvgIpc) is 2.49. The molecule has 114 valence electrons. The Morgan fingerprint density at radius 3 is 2.14 bits per heavy atom. The van der Waals surface area contributed by atoms with E-state index in [2.05, 4.69) is 26.6 Å². The Morgan fingerprint density at radius 1 is 1.00 bits per heavy atom. The van der Waals surface area contributed by atoms with Crippen molar-refractivity contribution in [2.45, 2.75) is 6.92 Å². The van der Waals surface area contributed by atoms with Gasteiger partial charge in [0.25, 0.3) is 5.91 Å². The van der Waals surface area contributed by atoms with Crippen LogP contribution in [-0.4, -0.2) is 18.9 Å². The smallest absolute Gasteiger partial charge is 0.256 e. The molecule has 0 spiro atoms. The van der Waals surface area contributed by atoms with E-state index < -0.39 is 0 Å². The van der Waals surface area contributed by atoms with Crippen LogP contribution in [0.25, 0.3) is 0 Å². The molecule has 2 aromatic rings. The third-order valence-electron chi connectivity index (χ3n) is 2.88. The predicted octanol–water partition coefficient (Wildman–Crippen LogP) is 3.67. The minimum atomic E-state index is -0.252. The number of carbonyl (C=O) groups excluding carboxylic acids is 2. The number of carbonyl (C=O) groups is 2. The van der Waals surface area contributed by atoms with Crippen molar-refractivity contribution in [3.05, 3.63) is 52.5 Å². The highest BCUT2D eigenvalue weighted by molar-refractivity contribution is 9.10. The first kappa shape index (κ1) is 16.0. The fourth-order valence-corrected chi connectivity index (χ4v) is 2.27. The Balaban J connectivity index is 2.13. The first-order chi connectivity index (χ1) is 10.5. The predicted molar refractivity (Wildman–Crippen MR) is 89.4 cm³/mol. The molecule has 0 aliphatic rings. The second-order valence-electron chi connectivity index (χ2n) is 4.56. The molecular weight excluding hydrogens is 348 g/mol. The van der Waals surface area contributed by atoms with E-state index in [1.54, 1.807) is 49.6 Å². The third-order valence-corrected chi connectivity index (χ3v) is 3.57. The number of halogens is 1. The summed E-state index contributed by atoms with van der Waals surface area (Å²) in [6.45, 7) is 1.44. The molecule has 2 N–H and O–H groups in total. The molecule has 0 saturated heterocycles. The largest absolute Gasteiger partial charge is 0.497 e. The number of hydrogen-bond donors (Lipinski definition) is 2. The second-order valence-corrected chi connectivity index (χ2v) is 5.41. The van der Waals surface area contributed by atoms with Gasteiger partial charge >= 0.3 is 0 Å². The van der Waals surface area contributed by atoms with Crippen LogP contribution in [0.15, 0.2) is 46.9 Å². The zero-order valence-electron chi connectivity index (χ0n) is 12.1. The average molecular weight is 363 g/mol. The summed E-state index contributed by atoms with van der Waals surface area (Å²) in [7, 11) is 1.55. The summed E-state index contributed by atoms with van der Waals surface area (Å²) >= 11 is 3.35. The van der Waals surface area contributed by atoms with Gasteiger partial charge in [-0.2, -0.15) is 0 Å². The molecule has 2 rings (SSSR count). The lowest BCUT2D eigenvalue weighted by molar-refractivity contribution is -0.114. The number of nitrogens with one attached hydrogen (secondary N) is 2. The van der Waals surface area contributed by atoms with E-state index >= 15 is 0 Å². The van der Waals surface area contributed by atoms with Crippen molar-refractivity contribution in [2.75, 3.05) is 17.7 Å². The molecule has 0 saturated carbocycles. The van der Waals surface area contributed by atoms with Crippen molar-refractivity contribution in [3.8, 4) is 5.75 Å². The molecule has 5 nitrogen and oxygen atoms in total. The van der Waals surface area contributed by atoms with Crippen molar-refractivity contribution in [2.24, 2.45) is 0 Å². The quantitative estimate of drug-likeness (QED) is 0.871. The maximum absolute atomic E-state index is 12.3. The molecule has 0 aliphatic carbocycles. The molecule has 0 radical (unpaired) electrons. The van der Waals surface area contributed by atoms with Crippen molar-refractivity contribution in [1.82, 2.24) is 0 Å². The number of rotatable bonds is 4. The Kier molecular flexibility index (Phi) is 5.16. The summed E-state index contributed by atoms with van der Waals surface area (Å²) in [5.74, 6) is 0.213. The topological polar surface area (TPSA) is 67.4 Å². The molecule has 0 atom stereocenters. The first-order valence-electron chi connectivity index (χ1n) is 6.52. The summed E-state index contributed by atoms with van der Waals surface area (Å²) in [5.41, 5.74) is 1.78. The van der Waals surface area contributed by atoms with Crippen molar-refractivity contribution in [3.63, 3.8) is 0 Å². The highest BCUT2D eigenvalue weighted by Crippen LogP contribution is 2.24. The van der Waals surface area contributed by atoms with Crippen LogP contribution in [0.1, 0.15) is 17.3 Å². The molecule has 0 fully saturated rings. The lowest BCUT2D eigenvalue weighted by Gasteiger charge is -2.09. The van der Waals surface area contributed by atoms with Gasteiger partial charge in [0.1, 0.15) is 5.75 Å². The Hall–Kier alpha value is -2.34. The molecule has 2 amide bonds. The molecule has 2 aromatic carbocycles. The van der Waals surface area contributed by atoms with Gasteiger partial charge in [-0.1, -0.05) is 0 Å². The summed E-state index contributed by atoms with van der Waals surface area (Å²) in [4.78, 5) is 23.3. The highest BCUT2D eigenvalue weighted by Gasteiger charge is 2.11. The first-order valence-corrected chi connectivity index (χ1v) is 7.31. The van der Waals surface area contributed by atoms with E-state index in [4.69, 9.17) is 4.74 Å². The molecule has 22 heavy (non-hydrogen) atoms. The van der Waals surface area contributed by atoms with Crippen LogP contribution >= 0.6 is 15.9 Å². The van der Waals surface area contributed by atoms with Crippen LogP contribution in [0, 0.1) is 0 Å². The van der Waals surface area contributed by atoms with Gasteiger partial charge in [0.15, 0.2) is 0 Å². The standard InChI is InChI=1S/C16H15BrN2O3/c1-10(20)18-11-3-5-12(6-4-11)19-16(21)14-9-13(22-2)7-8-15(14)17/h3-9H,1-2H3,(H,18,20)(H,19,21). The molecule has 0 unspecified atom stereocenters. The zero-order chi connectivity index (χ0) is 16.1. The van der Waals surface area contributed by atoms with Gasteiger partial charge in [-0.3, -0.25) is 9.59 Å². The Bertz CT molecular complexity index is 699. The van der Waals surface area contributed by atoms with Crippen molar-refractivity contribution < 1.29 is 14.3 Å². The second kappa shape index (κ2) is 7.09. The fraction of sp³-hybridized carbons (Fsp3) is 0.125. The van der Waals surface area contributed by atoms with Gasteiger partial charge in [-0.05, 0) is 58.4 Å². The summed E-state index contributed by atoms with van der Waals surface area (Å²) in [6, 6.07) is 12.1. The van der Waals surface area contributed by atoms with Crippen LogP contribution < -0.4 is 15.4 Å². The molecular formula is C16H15BrN2O3. The zero-order valence-corrected chi connectivity index (χ0v) is 13.7. The fourth-order valence-electron chi connectivity index (χ4n) is 1.84. The minimum Gasteiger partial charge on any atom is -0.497 e. The number of benzene rings is 2. The van der Waals surface area contributed by atoms with Crippen molar-refractivity contribution >= 4 is 39.1 Å². The molecule has 6 heteroatoms. The summed E-state index contributed by atoms with van der Waals surface area (Å²) < 4.78 is 5.80. The monoisotopic (exact) mass is 362 g/mol. The van der Waals surface area contributed by atoms with Crippen LogP contribution in [0.5, 0.6) is 5.75 Å². The SMILES string of the molecule is COc1ccc(Br)c(C(=O)Nc2ccc(NC(C)=O)cc2)c1. The van der Waals surface area contributed by atoms with E-state index in [0.717, 1.165) is 0 Å². The number of amides is 2. The molecule has 0 aliphatic heterocycles. The molecule has 0 heterocycles. The maximum Gasteiger partial charge on any atom is 0.256 e. The van der Waals surface area contributed by atoms with Crippen LogP contribution in [0.4, 0.5) is 11.4 Å². The number of methoxy groups -OCH3 is 1. The highest BCUT2D eigenvalue weighted by atomic mass is 79.9. The van der Waals surface area contributed by atoms with Crippen LogP contribution in [-0.2, 0) is 4.79 Å². The van der Waals surface area contributed by atoms with E-state index in [9.17, 15) is 9.59 Å². The summed E-state index contributed by atoms with van der Waals surface area (Å²) in [6.07, 6.45) is 0. The van der Waals surface area contributed by atoms with E-state index in [1.165, 1.54) is 6.92 Å². The molecule has 0 bridgehead atoms. The Morgan fingerprint density at radius 2 is 1.59 bits per heavy atom. The van der Waals surface area contributed by atoms with Gasteiger partial charge < -0.3 is 15.4 Å². The van der Waals surface area contributed by atoms with E-state index in [0.29, 0.717) is 27.2 Å². The van der Waals surface area contributed by atoms with Crippen LogP contribution in [0.3, 0.4) is 0 Å². The lowest BCUT2D eigenvalue weighted by atomic mass is 10.2. The van der Waals surface area contributed by atoms with Gasteiger partial charge in [-0.25, -0.2) is 0 Å².